The summed E-state index contributed by atoms with van der Waals surface area (Å²) in [4.78, 5) is 2.54. The molecule has 1 heterocycles. The van der Waals surface area contributed by atoms with Crippen LogP contribution in [0.5, 0.6) is 5.75 Å². The van der Waals surface area contributed by atoms with Crippen molar-refractivity contribution < 1.29 is 4.74 Å². The second-order valence-electron chi connectivity index (χ2n) is 5.97. The van der Waals surface area contributed by atoms with E-state index in [9.17, 15) is 0 Å². The van der Waals surface area contributed by atoms with E-state index in [1.54, 1.807) is 0 Å². The predicted molar refractivity (Wildman–Crippen MR) is 88.8 cm³/mol. The lowest BCUT2D eigenvalue weighted by Gasteiger charge is -2.31. The number of nitrogens with one attached hydrogen (secondary N) is 1. The molecule has 0 aromatic heterocycles. The standard InChI is InChI=1S/C18H30N2O/c1-3-16-8-10-20(11-9-16)12-13-21-18-7-5-6-17(14-18)15-19-4-2/h5-7,14,16,19H,3-4,8-13,15H2,1-2H3. The Morgan fingerprint density at radius 2 is 2.05 bits per heavy atom. The van der Waals surface area contributed by atoms with Gasteiger partial charge in [0.1, 0.15) is 12.4 Å². The molecule has 0 spiro atoms. The molecule has 1 aliphatic heterocycles. The van der Waals surface area contributed by atoms with E-state index >= 15 is 0 Å². The average Bonchev–Trinajstić information content (AvgIpc) is 2.54. The number of hydrogen-bond donors (Lipinski definition) is 1. The van der Waals surface area contributed by atoms with E-state index in [0.717, 1.165) is 37.9 Å². The number of rotatable bonds is 8. The van der Waals surface area contributed by atoms with E-state index in [-0.39, 0.29) is 0 Å². The molecule has 1 N–H and O–H groups in total. The largest absolute Gasteiger partial charge is 0.492 e. The van der Waals surface area contributed by atoms with Gasteiger partial charge in [-0.2, -0.15) is 0 Å². The van der Waals surface area contributed by atoms with Crippen molar-refractivity contribution in [3.05, 3.63) is 29.8 Å². The molecule has 0 aliphatic carbocycles. The molecular weight excluding hydrogens is 260 g/mol. The average molecular weight is 290 g/mol. The summed E-state index contributed by atoms with van der Waals surface area (Å²) in [5.74, 6) is 1.94. The molecule has 1 aromatic carbocycles. The predicted octanol–water partition coefficient (Wildman–Crippen LogP) is 3.30. The first kappa shape index (κ1) is 16.3. The molecule has 1 aliphatic rings. The Morgan fingerprint density at radius 1 is 1.24 bits per heavy atom. The molecule has 1 aromatic rings. The van der Waals surface area contributed by atoms with Crippen LogP contribution in [0.25, 0.3) is 0 Å². The van der Waals surface area contributed by atoms with Gasteiger partial charge in [-0.15, -0.1) is 0 Å². The third-order valence-corrected chi connectivity index (χ3v) is 4.44. The summed E-state index contributed by atoms with van der Waals surface area (Å²) in [6.07, 6.45) is 4.05. The monoisotopic (exact) mass is 290 g/mol. The second-order valence-corrected chi connectivity index (χ2v) is 5.97. The molecule has 1 fully saturated rings. The molecule has 0 amide bonds. The highest BCUT2D eigenvalue weighted by Gasteiger charge is 2.17. The van der Waals surface area contributed by atoms with Crippen molar-refractivity contribution in [3.63, 3.8) is 0 Å². The van der Waals surface area contributed by atoms with Crippen LogP contribution >= 0.6 is 0 Å². The number of ether oxygens (including phenoxy) is 1. The summed E-state index contributed by atoms with van der Waals surface area (Å²) in [5.41, 5.74) is 1.29. The topological polar surface area (TPSA) is 24.5 Å². The van der Waals surface area contributed by atoms with Crippen LogP contribution in [-0.2, 0) is 6.54 Å². The van der Waals surface area contributed by atoms with Crippen LogP contribution in [0.3, 0.4) is 0 Å². The number of benzene rings is 1. The fourth-order valence-electron chi connectivity index (χ4n) is 2.93. The molecule has 0 atom stereocenters. The SMILES string of the molecule is CCNCc1cccc(OCCN2CCC(CC)CC2)c1. The van der Waals surface area contributed by atoms with Gasteiger partial charge in [-0.05, 0) is 56.1 Å². The van der Waals surface area contributed by atoms with Crippen molar-refractivity contribution >= 4 is 0 Å². The van der Waals surface area contributed by atoms with Crippen LogP contribution in [0.1, 0.15) is 38.7 Å². The van der Waals surface area contributed by atoms with Crippen molar-refractivity contribution in [3.8, 4) is 5.75 Å². The highest BCUT2D eigenvalue weighted by atomic mass is 16.5. The van der Waals surface area contributed by atoms with Gasteiger partial charge >= 0.3 is 0 Å². The Morgan fingerprint density at radius 3 is 2.76 bits per heavy atom. The van der Waals surface area contributed by atoms with Gasteiger partial charge in [0.15, 0.2) is 0 Å². The van der Waals surface area contributed by atoms with Crippen LogP contribution in [0.4, 0.5) is 0 Å². The molecule has 0 bridgehead atoms. The molecule has 3 heteroatoms. The van der Waals surface area contributed by atoms with Crippen LogP contribution < -0.4 is 10.1 Å². The third kappa shape index (κ3) is 5.68. The van der Waals surface area contributed by atoms with E-state index in [1.165, 1.54) is 37.9 Å². The Balaban J connectivity index is 1.68. The molecular formula is C18H30N2O. The van der Waals surface area contributed by atoms with E-state index in [1.807, 2.05) is 0 Å². The van der Waals surface area contributed by atoms with Gasteiger partial charge in [0.2, 0.25) is 0 Å². The molecule has 0 radical (unpaired) electrons. The van der Waals surface area contributed by atoms with Gasteiger partial charge in [-0.1, -0.05) is 32.4 Å². The molecule has 0 unspecified atom stereocenters. The first-order valence-corrected chi connectivity index (χ1v) is 8.46. The summed E-state index contributed by atoms with van der Waals surface area (Å²) < 4.78 is 5.91. The molecule has 2 rings (SSSR count). The smallest absolute Gasteiger partial charge is 0.119 e. The lowest BCUT2D eigenvalue weighted by Crippen LogP contribution is -2.36. The van der Waals surface area contributed by atoms with Crippen LogP contribution in [0.2, 0.25) is 0 Å². The summed E-state index contributed by atoms with van der Waals surface area (Å²) in [6, 6.07) is 8.42. The highest BCUT2D eigenvalue weighted by molar-refractivity contribution is 5.28. The maximum absolute atomic E-state index is 5.91. The summed E-state index contributed by atoms with van der Waals surface area (Å²) in [5, 5.41) is 3.35. The van der Waals surface area contributed by atoms with E-state index in [2.05, 4.69) is 48.3 Å². The zero-order valence-corrected chi connectivity index (χ0v) is 13.6. The Hall–Kier alpha value is -1.06. The fraction of sp³-hybridized carbons (Fsp3) is 0.667. The van der Waals surface area contributed by atoms with Crippen LogP contribution in [-0.4, -0.2) is 37.7 Å². The first-order valence-electron chi connectivity index (χ1n) is 8.46. The normalized spacial score (nSPS) is 17.0. The Labute approximate surface area is 129 Å². The van der Waals surface area contributed by atoms with Crippen LogP contribution in [0, 0.1) is 5.92 Å². The number of hydrogen-bond acceptors (Lipinski definition) is 3. The molecule has 1 saturated heterocycles. The lowest BCUT2D eigenvalue weighted by molar-refractivity contribution is 0.153. The minimum atomic E-state index is 0.793. The number of piperidine rings is 1. The van der Waals surface area contributed by atoms with Crippen LogP contribution in [0.15, 0.2) is 24.3 Å². The minimum absolute atomic E-state index is 0.793. The quantitative estimate of drug-likeness (QED) is 0.795. The lowest BCUT2D eigenvalue weighted by atomic mass is 9.94. The van der Waals surface area contributed by atoms with Gasteiger partial charge in [-0.25, -0.2) is 0 Å². The van der Waals surface area contributed by atoms with Crippen molar-refractivity contribution in [2.24, 2.45) is 5.92 Å². The molecule has 0 saturated carbocycles. The van der Waals surface area contributed by atoms with Gasteiger partial charge in [0.05, 0.1) is 0 Å². The Bertz CT molecular complexity index is 400. The van der Waals surface area contributed by atoms with Gasteiger partial charge < -0.3 is 10.1 Å². The van der Waals surface area contributed by atoms with Crippen molar-refractivity contribution in [1.29, 1.82) is 0 Å². The van der Waals surface area contributed by atoms with Gasteiger partial charge in [-0.3, -0.25) is 4.90 Å². The zero-order valence-electron chi connectivity index (χ0n) is 13.6. The summed E-state index contributed by atoms with van der Waals surface area (Å²) in [6.45, 7) is 10.7. The van der Waals surface area contributed by atoms with Crippen molar-refractivity contribution in [1.82, 2.24) is 10.2 Å². The highest BCUT2D eigenvalue weighted by Crippen LogP contribution is 2.19. The van der Waals surface area contributed by atoms with E-state index in [4.69, 9.17) is 4.74 Å². The zero-order chi connectivity index (χ0) is 14.9. The number of nitrogens with zero attached hydrogens (tertiary/aromatic N) is 1. The van der Waals surface area contributed by atoms with Crippen molar-refractivity contribution in [2.75, 3.05) is 32.8 Å². The van der Waals surface area contributed by atoms with Crippen molar-refractivity contribution in [2.45, 2.75) is 39.7 Å². The fourth-order valence-corrected chi connectivity index (χ4v) is 2.93. The minimum Gasteiger partial charge on any atom is -0.492 e. The van der Waals surface area contributed by atoms with E-state index in [0.29, 0.717) is 0 Å². The Kier molecular flexibility index (Phi) is 7.04. The molecule has 118 valence electrons. The van der Waals surface area contributed by atoms with E-state index < -0.39 is 0 Å². The maximum Gasteiger partial charge on any atom is 0.119 e. The summed E-state index contributed by atoms with van der Waals surface area (Å²) in [7, 11) is 0. The second kappa shape index (κ2) is 9.06. The van der Waals surface area contributed by atoms with Gasteiger partial charge in [0.25, 0.3) is 0 Å². The summed E-state index contributed by atoms with van der Waals surface area (Å²) >= 11 is 0. The molecule has 21 heavy (non-hydrogen) atoms. The maximum atomic E-state index is 5.91. The number of likely N-dealkylation sites (tertiary alicyclic amines) is 1. The first-order chi connectivity index (χ1) is 10.3. The van der Waals surface area contributed by atoms with Gasteiger partial charge in [0, 0.05) is 13.1 Å². The molecule has 3 nitrogen and oxygen atoms in total. The third-order valence-electron chi connectivity index (χ3n) is 4.44.